The van der Waals surface area contributed by atoms with Crippen molar-refractivity contribution >= 4 is 0 Å². The maximum Gasteiger partial charge on any atom is 0.116 e. The lowest BCUT2D eigenvalue weighted by Crippen LogP contribution is -1.75. The van der Waals surface area contributed by atoms with E-state index in [4.69, 9.17) is 0 Å². The van der Waals surface area contributed by atoms with Gasteiger partial charge in [-0.2, -0.15) is 0 Å². The third-order valence-corrected chi connectivity index (χ3v) is 1.90. The second-order valence-electron chi connectivity index (χ2n) is 2.84. The maximum absolute atomic E-state index is 9.27. The van der Waals surface area contributed by atoms with Gasteiger partial charge >= 0.3 is 0 Å². The Labute approximate surface area is 77.3 Å². The van der Waals surface area contributed by atoms with Gasteiger partial charge in [-0.1, -0.05) is 36.4 Å². The van der Waals surface area contributed by atoms with E-state index in [1.807, 2.05) is 36.4 Å². The van der Waals surface area contributed by atoms with Crippen molar-refractivity contribution in [1.29, 1.82) is 0 Å². The SMILES string of the molecule is Oc1cccc(-c2cc[c]cc2)c1. The van der Waals surface area contributed by atoms with E-state index in [1.165, 1.54) is 0 Å². The maximum atomic E-state index is 9.27. The zero-order valence-electron chi connectivity index (χ0n) is 7.07. The summed E-state index contributed by atoms with van der Waals surface area (Å²) < 4.78 is 0. The van der Waals surface area contributed by atoms with Gasteiger partial charge in [0.1, 0.15) is 5.75 Å². The fourth-order valence-electron chi connectivity index (χ4n) is 1.26. The van der Waals surface area contributed by atoms with Crippen LogP contribution in [0.4, 0.5) is 0 Å². The fourth-order valence-corrected chi connectivity index (χ4v) is 1.26. The second-order valence-corrected chi connectivity index (χ2v) is 2.84. The number of phenolic OH excluding ortho intramolecular Hbond substituents is 1. The number of hydrogen-bond acceptors (Lipinski definition) is 1. The van der Waals surface area contributed by atoms with Crippen LogP contribution in [0.5, 0.6) is 5.75 Å². The summed E-state index contributed by atoms with van der Waals surface area (Å²) in [5, 5.41) is 9.27. The van der Waals surface area contributed by atoms with Gasteiger partial charge in [-0.25, -0.2) is 0 Å². The van der Waals surface area contributed by atoms with E-state index in [1.54, 1.807) is 12.1 Å². The molecule has 2 rings (SSSR count). The molecule has 2 aromatic rings. The molecule has 0 saturated carbocycles. The molecule has 1 heteroatoms. The molecule has 0 aliphatic carbocycles. The predicted molar refractivity (Wildman–Crippen MR) is 52.4 cm³/mol. The standard InChI is InChI=1S/C12H9O/c13-12-8-4-7-11(9-12)10-5-2-1-3-6-10/h2-9,13H. The van der Waals surface area contributed by atoms with E-state index in [-0.39, 0.29) is 0 Å². The molecular formula is C12H9O. The van der Waals surface area contributed by atoms with E-state index in [0.29, 0.717) is 5.75 Å². The molecule has 1 N–H and O–H groups in total. The minimum Gasteiger partial charge on any atom is -0.508 e. The number of aromatic hydroxyl groups is 1. The van der Waals surface area contributed by atoms with Gasteiger partial charge in [-0.05, 0) is 29.3 Å². The zero-order valence-corrected chi connectivity index (χ0v) is 7.07. The van der Waals surface area contributed by atoms with Crippen LogP contribution in [-0.4, -0.2) is 5.11 Å². The molecule has 0 fully saturated rings. The van der Waals surface area contributed by atoms with Crippen molar-refractivity contribution in [2.24, 2.45) is 0 Å². The van der Waals surface area contributed by atoms with Crippen LogP contribution in [0.1, 0.15) is 0 Å². The van der Waals surface area contributed by atoms with Crippen LogP contribution in [0, 0.1) is 6.07 Å². The average molecular weight is 169 g/mol. The molecule has 0 heterocycles. The highest BCUT2D eigenvalue weighted by Crippen LogP contribution is 2.22. The molecule has 1 radical (unpaired) electrons. The monoisotopic (exact) mass is 169 g/mol. The Balaban J connectivity index is 2.48. The van der Waals surface area contributed by atoms with E-state index in [0.717, 1.165) is 11.1 Å². The molecular weight excluding hydrogens is 160 g/mol. The molecule has 13 heavy (non-hydrogen) atoms. The quantitative estimate of drug-likeness (QED) is 0.696. The molecule has 0 amide bonds. The Morgan fingerprint density at radius 3 is 2.38 bits per heavy atom. The van der Waals surface area contributed by atoms with Crippen molar-refractivity contribution in [2.75, 3.05) is 0 Å². The lowest BCUT2D eigenvalue weighted by molar-refractivity contribution is 0.475. The topological polar surface area (TPSA) is 20.2 Å². The molecule has 0 spiro atoms. The summed E-state index contributed by atoms with van der Waals surface area (Å²) in [6, 6.07) is 17.8. The van der Waals surface area contributed by atoms with Crippen LogP contribution in [0.15, 0.2) is 48.5 Å². The Hall–Kier alpha value is -1.76. The summed E-state index contributed by atoms with van der Waals surface area (Å²) in [5.74, 6) is 0.297. The first-order valence-electron chi connectivity index (χ1n) is 4.12. The van der Waals surface area contributed by atoms with E-state index < -0.39 is 0 Å². The molecule has 0 unspecified atom stereocenters. The van der Waals surface area contributed by atoms with Crippen molar-refractivity contribution < 1.29 is 5.11 Å². The smallest absolute Gasteiger partial charge is 0.116 e. The Morgan fingerprint density at radius 2 is 1.69 bits per heavy atom. The highest BCUT2D eigenvalue weighted by atomic mass is 16.3. The molecule has 0 aromatic heterocycles. The number of hydrogen-bond donors (Lipinski definition) is 1. The van der Waals surface area contributed by atoms with Gasteiger partial charge in [0.05, 0.1) is 0 Å². The zero-order chi connectivity index (χ0) is 9.10. The second kappa shape index (κ2) is 3.31. The van der Waals surface area contributed by atoms with Crippen LogP contribution in [0.2, 0.25) is 0 Å². The van der Waals surface area contributed by atoms with Gasteiger partial charge in [-0.3, -0.25) is 0 Å². The number of rotatable bonds is 1. The molecule has 63 valence electrons. The lowest BCUT2D eigenvalue weighted by Gasteiger charge is -2.00. The fraction of sp³-hybridized carbons (Fsp3) is 0. The molecule has 0 saturated heterocycles. The summed E-state index contributed by atoms with van der Waals surface area (Å²) in [6.45, 7) is 0. The van der Waals surface area contributed by atoms with Crippen molar-refractivity contribution in [3.63, 3.8) is 0 Å². The third-order valence-electron chi connectivity index (χ3n) is 1.90. The minimum atomic E-state index is 0.297. The van der Waals surface area contributed by atoms with Crippen LogP contribution >= 0.6 is 0 Å². The first kappa shape index (κ1) is 7.87. The first-order chi connectivity index (χ1) is 6.36. The lowest BCUT2D eigenvalue weighted by atomic mass is 10.1. The van der Waals surface area contributed by atoms with Gasteiger partial charge in [0.15, 0.2) is 0 Å². The molecule has 2 aromatic carbocycles. The molecule has 1 nitrogen and oxygen atoms in total. The van der Waals surface area contributed by atoms with Gasteiger partial charge < -0.3 is 5.11 Å². The molecule has 0 atom stereocenters. The normalized spacial score (nSPS) is 9.85. The summed E-state index contributed by atoms with van der Waals surface area (Å²) in [6.07, 6.45) is 0. The first-order valence-corrected chi connectivity index (χ1v) is 4.12. The highest BCUT2D eigenvalue weighted by Gasteiger charge is 1.95. The summed E-state index contributed by atoms with van der Waals surface area (Å²) in [5.41, 5.74) is 2.11. The van der Waals surface area contributed by atoms with Gasteiger partial charge in [0.25, 0.3) is 0 Å². The van der Waals surface area contributed by atoms with Crippen LogP contribution in [0.25, 0.3) is 11.1 Å². The van der Waals surface area contributed by atoms with Crippen LogP contribution in [-0.2, 0) is 0 Å². The molecule has 0 aliphatic rings. The van der Waals surface area contributed by atoms with Crippen LogP contribution in [0.3, 0.4) is 0 Å². The largest absolute Gasteiger partial charge is 0.508 e. The van der Waals surface area contributed by atoms with E-state index in [9.17, 15) is 5.11 Å². The predicted octanol–water partition coefficient (Wildman–Crippen LogP) is 2.86. The van der Waals surface area contributed by atoms with Crippen molar-refractivity contribution in [2.45, 2.75) is 0 Å². The summed E-state index contributed by atoms with van der Waals surface area (Å²) >= 11 is 0. The average Bonchev–Trinajstić information content (AvgIpc) is 2.19. The summed E-state index contributed by atoms with van der Waals surface area (Å²) in [4.78, 5) is 0. The van der Waals surface area contributed by atoms with Gasteiger partial charge in [-0.15, -0.1) is 0 Å². The van der Waals surface area contributed by atoms with Crippen LogP contribution < -0.4 is 0 Å². The Morgan fingerprint density at radius 1 is 0.923 bits per heavy atom. The number of benzene rings is 2. The summed E-state index contributed by atoms with van der Waals surface area (Å²) in [7, 11) is 0. The van der Waals surface area contributed by atoms with E-state index >= 15 is 0 Å². The minimum absolute atomic E-state index is 0.297. The Bertz CT molecular complexity index is 393. The van der Waals surface area contributed by atoms with Gasteiger partial charge in [0, 0.05) is 0 Å². The number of phenols is 1. The highest BCUT2D eigenvalue weighted by molar-refractivity contribution is 5.64. The van der Waals surface area contributed by atoms with Gasteiger partial charge in [0.2, 0.25) is 0 Å². The van der Waals surface area contributed by atoms with Crippen molar-refractivity contribution in [1.82, 2.24) is 0 Å². The Kier molecular flexibility index (Phi) is 2.01. The molecule has 0 aliphatic heterocycles. The third kappa shape index (κ3) is 1.70. The van der Waals surface area contributed by atoms with Crippen molar-refractivity contribution in [3.05, 3.63) is 54.6 Å². The van der Waals surface area contributed by atoms with E-state index in [2.05, 4.69) is 6.07 Å². The molecule has 0 bridgehead atoms. The van der Waals surface area contributed by atoms with Crippen molar-refractivity contribution in [3.8, 4) is 16.9 Å².